The Hall–Kier alpha value is -4.19. The van der Waals surface area contributed by atoms with Gasteiger partial charge in [0.15, 0.2) is 46.3 Å². The van der Waals surface area contributed by atoms with Gasteiger partial charge in [-0.25, -0.2) is 22.0 Å². The van der Waals surface area contributed by atoms with Crippen LogP contribution in [-0.4, -0.2) is 0 Å². The van der Waals surface area contributed by atoms with Crippen molar-refractivity contribution < 1.29 is 75.3 Å². The minimum Gasteiger partial charge on any atom is -0.453 e. The molecule has 0 aliphatic heterocycles. The Balaban J connectivity index is 2.27. The van der Waals surface area contributed by atoms with Gasteiger partial charge in [-0.3, -0.25) is 0 Å². The zero-order valence-corrected chi connectivity index (χ0v) is 18.4. The number of benzene rings is 3. The molecule has 4 nitrogen and oxygen atoms in total. The number of alkyl halides is 9. The monoisotopic (exact) mass is 604 g/mol. The van der Waals surface area contributed by atoms with Crippen LogP contribution >= 0.6 is 0 Å². The Bertz CT molecular complexity index is 1490. The molecule has 3 aromatic rings. The standard InChI is InChI=1S/C21H7F15N2O2/c22-11-4(19(28,29)30)1-7(14(25)17(11)37)39-6-3-9(13(24)16(27)10(6)21(34,35)36)40-8-2-5(20(31,32)33)12(23)18(38)15(8)26/h1-3H,37-38H2. The third-order valence-corrected chi connectivity index (χ3v) is 4.87. The fraction of sp³-hybridized carbons (Fsp3) is 0.143. The number of nitrogen functional groups attached to an aromatic ring is 2. The van der Waals surface area contributed by atoms with Gasteiger partial charge in [0.2, 0.25) is 5.82 Å². The quantitative estimate of drug-likeness (QED) is 0.232. The fourth-order valence-corrected chi connectivity index (χ4v) is 3.06. The zero-order valence-electron chi connectivity index (χ0n) is 18.4. The second-order valence-electron chi connectivity index (χ2n) is 7.50. The molecule has 0 fully saturated rings. The SMILES string of the molecule is Nc1c(F)c(Oc2cc(Oc3cc(C(F)(F)F)c(F)c(N)c3F)c(C(F)(F)F)c(F)c2F)cc(C(F)(F)F)c1F. The highest BCUT2D eigenvalue weighted by Gasteiger charge is 2.43. The molecule has 0 aromatic heterocycles. The molecule has 0 spiro atoms. The maximum Gasteiger partial charge on any atom is 0.422 e. The average molecular weight is 604 g/mol. The minimum absolute atomic E-state index is 0.375. The van der Waals surface area contributed by atoms with E-state index >= 15 is 0 Å². The third kappa shape index (κ3) is 5.44. The van der Waals surface area contributed by atoms with Gasteiger partial charge in [-0.15, -0.1) is 0 Å². The van der Waals surface area contributed by atoms with Gasteiger partial charge in [0.05, 0.1) is 11.1 Å². The van der Waals surface area contributed by atoms with Crippen LogP contribution in [0, 0.1) is 34.9 Å². The summed E-state index contributed by atoms with van der Waals surface area (Å²) in [5, 5.41) is 0. The van der Waals surface area contributed by atoms with Crippen molar-refractivity contribution >= 4 is 11.4 Å². The normalized spacial score (nSPS) is 12.6. The van der Waals surface area contributed by atoms with Gasteiger partial charge >= 0.3 is 18.5 Å². The first-order chi connectivity index (χ1) is 18.1. The van der Waals surface area contributed by atoms with E-state index in [1.807, 2.05) is 0 Å². The van der Waals surface area contributed by atoms with Crippen LogP contribution < -0.4 is 20.9 Å². The molecule has 0 atom stereocenters. The summed E-state index contributed by atoms with van der Waals surface area (Å²) in [6.07, 6.45) is -17.2. The van der Waals surface area contributed by atoms with Crippen LogP contribution in [0.1, 0.15) is 16.7 Å². The number of rotatable bonds is 4. The van der Waals surface area contributed by atoms with E-state index in [9.17, 15) is 65.9 Å². The van der Waals surface area contributed by atoms with Crippen molar-refractivity contribution in [1.29, 1.82) is 0 Å². The molecule has 40 heavy (non-hydrogen) atoms. The van der Waals surface area contributed by atoms with E-state index in [4.69, 9.17) is 11.5 Å². The summed E-state index contributed by atoms with van der Waals surface area (Å²) in [6, 6.07) is -1.37. The first kappa shape index (κ1) is 30.4. The number of nitrogens with two attached hydrogens (primary N) is 2. The summed E-state index contributed by atoms with van der Waals surface area (Å²) < 4.78 is 212. The van der Waals surface area contributed by atoms with E-state index in [-0.39, 0.29) is 6.07 Å². The van der Waals surface area contributed by atoms with Crippen LogP contribution in [0.2, 0.25) is 0 Å². The molecule has 218 valence electrons. The number of halogens is 15. The van der Waals surface area contributed by atoms with Crippen molar-refractivity contribution in [3.63, 3.8) is 0 Å². The summed E-state index contributed by atoms with van der Waals surface area (Å²) >= 11 is 0. The van der Waals surface area contributed by atoms with Crippen molar-refractivity contribution in [1.82, 2.24) is 0 Å². The maximum atomic E-state index is 14.5. The van der Waals surface area contributed by atoms with Crippen LogP contribution in [0.5, 0.6) is 23.0 Å². The fourth-order valence-electron chi connectivity index (χ4n) is 3.06. The maximum absolute atomic E-state index is 14.5. The Labute approximate surface area is 210 Å². The summed E-state index contributed by atoms with van der Waals surface area (Å²) in [5.41, 5.74) is -1.51. The average Bonchev–Trinajstić information content (AvgIpc) is 2.80. The van der Waals surface area contributed by atoms with Crippen molar-refractivity contribution in [2.45, 2.75) is 18.5 Å². The van der Waals surface area contributed by atoms with E-state index in [1.165, 1.54) is 0 Å². The van der Waals surface area contributed by atoms with E-state index in [2.05, 4.69) is 9.47 Å². The molecule has 3 aromatic carbocycles. The first-order valence-electron chi connectivity index (χ1n) is 9.71. The lowest BCUT2D eigenvalue weighted by atomic mass is 10.1. The largest absolute Gasteiger partial charge is 0.453 e. The van der Waals surface area contributed by atoms with Crippen molar-refractivity contribution in [3.05, 3.63) is 69.8 Å². The van der Waals surface area contributed by atoms with Gasteiger partial charge in [-0.2, -0.15) is 43.9 Å². The van der Waals surface area contributed by atoms with E-state index < -0.39 is 117 Å². The molecular formula is C21H7F15N2O2. The Morgan fingerprint density at radius 3 is 1.12 bits per heavy atom. The van der Waals surface area contributed by atoms with Crippen molar-refractivity contribution in [2.75, 3.05) is 11.5 Å². The smallest absolute Gasteiger partial charge is 0.422 e. The summed E-state index contributed by atoms with van der Waals surface area (Å²) in [6.45, 7) is 0. The van der Waals surface area contributed by atoms with Gasteiger partial charge < -0.3 is 20.9 Å². The second kappa shape index (κ2) is 9.77. The number of hydrogen-bond acceptors (Lipinski definition) is 4. The van der Waals surface area contributed by atoms with Crippen LogP contribution in [0.25, 0.3) is 0 Å². The van der Waals surface area contributed by atoms with Crippen molar-refractivity contribution in [2.24, 2.45) is 0 Å². The van der Waals surface area contributed by atoms with E-state index in [0.29, 0.717) is 0 Å². The molecule has 0 amide bonds. The summed E-state index contributed by atoms with van der Waals surface area (Å²) in [7, 11) is 0. The number of ether oxygens (including phenoxy) is 2. The highest BCUT2D eigenvalue weighted by molar-refractivity contribution is 5.56. The molecule has 19 heteroatoms. The van der Waals surface area contributed by atoms with Gasteiger partial charge in [0, 0.05) is 6.07 Å². The van der Waals surface area contributed by atoms with Crippen LogP contribution in [-0.2, 0) is 18.5 Å². The lowest BCUT2D eigenvalue weighted by Crippen LogP contribution is -2.15. The van der Waals surface area contributed by atoms with Crippen LogP contribution in [0.4, 0.5) is 77.2 Å². The molecule has 0 saturated carbocycles. The lowest BCUT2D eigenvalue weighted by Gasteiger charge is -2.19. The molecule has 0 aliphatic rings. The first-order valence-corrected chi connectivity index (χ1v) is 9.71. The zero-order chi connectivity index (χ0) is 30.7. The van der Waals surface area contributed by atoms with Crippen LogP contribution in [0.3, 0.4) is 0 Å². The Kier molecular flexibility index (Phi) is 7.42. The number of hydrogen-bond donors (Lipinski definition) is 2. The van der Waals surface area contributed by atoms with Crippen LogP contribution in [0.15, 0.2) is 18.2 Å². The predicted molar refractivity (Wildman–Crippen MR) is 103 cm³/mol. The second-order valence-corrected chi connectivity index (χ2v) is 7.50. The van der Waals surface area contributed by atoms with E-state index in [0.717, 1.165) is 0 Å². The third-order valence-electron chi connectivity index (χ3n) is 4.87. The minimum atomic E-state index is -5.96. The summed E-state index contributed by atoms with van der Waals surface area (Å²) in [4.78, 5) is 0. The highest BCUT2D eigenvalue weighted by Crippen LogP contribution is 2.47. The molecule has 0 bridgehead atoms. The summed E-state index contributed by atoms with van der Waals surface area (Å²) in [5.74, 6) is -22.6. The molecule has 0 heterocycles. The Morgan fingerprint density at radius 2 is 0.775 bits per heavy atom. The number of anilines is 2. The molecule has 3 rings (SSSR count). The highest BCUT2D eigenvalue weighted by atomic mass is 19.4. The van der Waals surface area contributed by atoms with Gasteiger partial charge in [-0.05, 0) is 12.1 Å². The van der Waals surface area contributed by atoms with Gasteiger partial charge in [0.1, 0.15) is 22.7 Å². The van der Waals surface area contributed by atoms with Gasteiger partial charge in [-0.1, -0.05) is 0 Å². The Morgan fingerprint density at radius 1 is 0.425 bits per heavy atom. The van der Waals surface area contributed by atoms with Crippen molar-refractivity contribution in [3.8, 4) is 23.0 Å². The molecule has 0 aliphatic carbocycles. The van der Waals surface area contributed by atoms with E-state index in [1.54, 1.807) is 0 Å². The van der Waals surface area contributed by atoms with Gasteiger partial charge in [0.25, 0.3) is 0 Å². The molecule has 0 radical (unpaired) electrons. The lowest BCUT2D eigenvalue weighted by molar-refractivity contribution is -0.142. The molecule has 0 unspecified atom stereocenters. The molecule has 4 N–H and O–H groups in total. The predicted octanol–water partition coefficient (Wildman–Crippen LogP) is 8.33. The topological polar surface area (TPSA) is 70.5 Å². The molecular weight excluding hydrogens is 597 g/mol. The molecule has 0 saturated heterocycles.